The van der Waals surface area contributed by atoms with Crippen LogP contribution in [0.15, 0.2) is 0 Å². The van der Waals surface area contributed by atoms with Crippen molar-refractivity contribution in [1.82, 2.24) is 10.2 Å². The largest absolute Gasteiger partial charge is 0.481 e. The molecule has 0 aromatic rings. The fourth-order valence-corrected chi connectivity index (χ4v) is 1.91. The van der Waals surface area contributed by atoms with Crippen molar-refractivity contribution in [3.05, 3.63) is 0 Å². The summed E-state index contributed by atoms with van der Waals surface area (Å²) in [5.74, 6) is -1.11. The van der Waals surface area contributed by atoms with Gasteiger partial charge in [-0.2, -0.15) is 0 Å². The Balaban J connectivity index is 2.17. The van der Waals surface area contributed by atoms with E-state index in [-0.39, 0.29) is 11.9 Å². The molecule has 0 saturated heterocycles. The lowest BCUT2D eigenvalue weighted by Crippen LogP contribution is -2.42. The number of carbonyl (C=O) groups is 2. The van der Waals surface area contributed by atoms with Crippen LogP contribution in [-0.4, -0.2) is 41.1 Å². The zero-order chi connectivity index (χ0) is 13.5. The van der Waals surface area contributed by atoms with E-state index in [0.29, 0.717) is 25.4 Å². The van der Waals surface area contributed by atoms with Crippen LogP contribution in [0.2, 0.25) is 0 Å². The molecule has 2 amide bonds. The summed E-state index contributed by atoms with van der Waals surface area (Å²) in [5.41, 5.74) is 0. The minimum Gasteiger partial charge on any atom is -0.481 e. The van der Waals surface area contributed by atoms with Crippen LogP contribution in [0.5, 0.6) is 0 Å². The number of hydrogen-bond acceptors (Lipinski definition) is 2. The van der Waals surface area contributed by atoms with Gasteiger partial charge in [0.05, 0.1) is 5.92 Å². The molecule has 0 aromatic carbocycles. The number of nitrogens with one attached hydrogen (secondary N) is 1. The molecular formula is C13H24N2O3. The van der Waals surface area contributed by atoms with Gasteiger partial charge in [-0.3, -0.25) is 4.79 Å². The molecular weight excluding hydrogens is 232 g/mol. The minimum atomic E-state index is -0.771. The Morgan fingerprint density at radius 2 is 2.11 bits per heavy atom. The highest BCUT2D eigenvalue weighted by atomic mass is 16.4. The van der Waals surface area contributed by atoms with E-state index in [9.17, 15) is 9.59 Å². The van der Waals surface area contributed by atoms with Gasteiger partial charge in [-0.15, -0.1) is 0 Å². The average molecular weight is 256 g/mol. The number of aliphatic carboxylic acids is 1. The van der Waals surface area contributed by atoms with Gasteiger partial charge in [0, 0.05) is 19.1 Å². The third kappa shape index (κ3) is 4.94. The van der Waals surface area contributed by atoms with Gasteiger partial charge in [0.15, 0.2) is 0 Å². The molecule has 1 saturated carbocycles. The van der Waals surface area contributed by atoms with Crippen molar-refractivity contribution in [2.75, 3.05) is 13.1 Å². The molecule has 0 bridgehead atoms. The van der Waals surface area contributed by atoms with Crippen LogP contribution in [-0.2, 0) is 4.79 Å². The van der Waals surface area contributed by atoms with E-state index in [1.54, 1.807) is 6.92 Å². The average Bonchev–Trinajstić information content (AvgIpc) is 3.14. The van der Waals surface area contributed by atoms with Gasteiger partial charge in [0.25, 0.3) is 0 Å². The molecule has 1 aliphatic rings. The van der Waals surface area contributed by atoms with Crippen molar-refractivity contribution in [2.45, 2.75) is 52.0 Å². The maximum atomic E-state index is 11.9. The van der Waals surface area contributed by atoms with Gasteiger partial charge < -0.3 is 15.3 Å². The normalized spacial score (nSPS) is 16.1. The fourth-order valence-electron chi connectivity index (χ4n) is 1.91. The first-order valence-corrected chi connectivity index (χ1v) is 6.83. The molecule has 0 aromatic heterocycles. The van der Waals surface area contributed by atoms with Crippen LogP contribution in [0, 0.1) is 5.92 Å². The molecule has 0 heterocycles. The van der Waals surface area contributed by atoms with E-state index < -0.39 is 5.97 Å². The quantitative estimate of drug-likeness (QED) is 0.653. The van der Waals surface area contributed by atoms with Gasteiger partial charge in [0.1, 0.15) is 0 Å². The number of amides is 2. The van der Waals surface area contributed by atoms with E-state index in [1.807, 2.05) is 4.90 Å². The number of nitrogens with zero attached hydrogens (tertiary/aromatic N) is 1. The second-order valence-electron chi connectivity index (χ2n) is 5.04. The Morgan fingerprint density at radius 3 is 2.61 bits per heavy atom. The lowest BCUT2D eigenvalue weighted by atomic mass is 10.1. The summed E-state index contributed by atoms with van der Waals surface area (Å²) in [6.45, 7) is 5.13. The summed E-state index contributed by atoms with van der Waals surface area (Å²) in [4.78, 5) is 24.4. The van der Waals surface area contributed by atoms with Crippen LogP contribution in [0.3, 0.4) is 0 Å². The highest BCUT2D eigenvalue weighted by Gasteiger charge is 2.31. The van der Waals surface area contributed by atoms with Crippen molar-refractivity contribution in [3.63, 3.8) is 0 Å². The van der Waals surface area contributed by atoms with Crippen LogP contribution < -0.4 is 5.32 Å². The summed E-state index contributed by atoms with van der Waals surface area (Å²) < 4.78 is 0. The first-order valence-electron chi connectivity index (χ1n) is 6.83. The second kappa shape index (κ2) is 7.24. The lowest BCUT2D eigenvalue weighted by molar-refractivity contribution is -0.141. The molecule has 1 rings (SSSR count). The molecule has 18 heavy (non-hydrogen) atoms. The van der Waals surface area contributed by atoms with Gasteiger partial charge >= 0.3 is 12.0 Å². The molecule has 1 atom stereocenters. The third-order valence-electron chi connectivity index (χ3n) is 3.22. The summed E-state index contributed by atoms with van der Waals surface area (Å²) in [7, 11) is 0. The second-order valence-corrected chi connectivity index (χ2v) is 5.04. The van der Waals surface area contributed by atoms with E-state index in [2.05, 4.69) is 12.2 Å². The molecule has 104 valence electrons. The fraction of sp³-hybridized carbons (Fsp3) is 0.846. The maximum absolute atomic E-state index is 11.9. The predicted octanol–water partition coefficient (Wildman–Crippen LogP) is 2.07. The number of carboxylic acid groups (broad SMARTS) is 1. The van der Waals surface area contributed by atoms with Crippen LogP contribution in [0.1, 0.15) is 46.0 Å². The Hall–Kier alpha value is -1.26. The van der Waals surface area contributed by atoms with Crippen LogP contribution in [0.25, 0.3) is 0 Å². The highest BCUT2D eigenvalue weighted by Crippen LogP contribution is 2.26. The zero-order valence-electron chi connectivity index (χ0n) is 11.3. The van der Waals surface area contributed by atoms with Crippen molar-refractivity contribution in [1.29, 1.82) is 0 Å². The molecule has 0 spiro atoms. The summed E-state index contributed by atoms with van der Waals surface area (Å²) in [6.07, 6.45) is 4.52. The highest BCUT2D eigenvalue weighted by molar-refractivity contribution is 5.74. The number of urea groups is 1. The molecule has 5 nitrogen and oxygen atoms in total. The van der Waals surface area contributed by atoms with Crippen molar-refractivity contribution in [2.24, 2.45) is 5.92 Å². The third-order valence-corrected chi connectivity index (χ3v) is 3.22. The number of rotatable bonds is 8. The van der Waals surface area contributed by atoms with Gasteiger partial charge in [-0.1, -0.05) is 13.8 Å². The Morgan fingerprint density at radius 1 is 1.44 bits per heavy atom. The maximum Gasteiger partial charge on any atom is 0.317 e. The van der Waals surface area contributed by atoms with E-state index in [1.165, 1.54) is 0 Å². The first kappa shape index (κ1) is 14.8. The standard InChI is InChI=1S/C13H24N2O3/c1-3-9-15(11-6-7-11)13(18)14-8-4-5-10(2)12(16)17/h10-11H,3-9H2,1-2H3,(H,14,18)(H,16,17). The lowest BCUT2D eigenvalue weighted by Gasteiger charge is -2.22. The van der Waals surface area contributed by atoms with Gasteiger partial charge in [-0.05, 0) is 32.1 Å². The Kier molecular flexibility index (Phi) is 5.95. The molecule has 2 N–H and O–H groups in total. The Labute approximate surface area is 109 Å². The Bertz CT molecular complexity index is 290. The molecule has 1 unspecified atom stereocenters. The number of carbonyl (C=O) groups excluding carboxylic acids is 1. The van der Waals surface area contributed by atoms with Gasteiger partial charge in [-0.25, -0.2) is 4.79 Å². The summed E-state index contributed by atoms with van der Waals surface area (Å²) >= 11 is 0. The van der Waals surface area contributed by atoms with Crippen molar-refractivity contribution < 1.29 is 14.7 Å². The summed E-state index contributed by atoms with van der Waals surface area (Å²) in [6, 6.07) is 0.435. The number of carboxylic acids is 1. The first-order chi connectivity index (χ1) is 8.56. The molecule has 0 aliphatic heterocycles. The minimum absolute atomic E-state index is 0.00216. The van der Waals surface area contributed by atoms with Gasteiger partial charge in [0.2, 0.25) is 0 Å². The number of hydrogen-bond donors (Lipinski definition) is 2. The van der Waals surface area contributed by atoms with Crippen molar-refractivity contribution >= 4 is 12.0 Å². The molecule has 5 heteroatoms. The van der Waals surface area contributed by atoms with E-state index in [0.717, 1.165) is 25.8 Å². The molecule has 0 radical (unpaired) electrons. The molecule has 1 aliphatic carbocycles. The van der Waals surface area contributed by atoms with E-state index >= 15 is 0 Å². The molecule has 1 fully saturated rings. The van der Waals surface area contributed by atoms with Crippen LogP contribution >= 0.6 is 0 Å². The topological polar surface area (TPSA) is 69.6 Å². The SMILES string of the molecule is CCCN(C(=O)NCCCC(C)C(=O)O)C1CC1. The monoisotopic (exact) mass is 256 g/mol. The van der Waals surface area contributed by atoms with E-state index in [4.69, 9.17) is 5.11 Å². The predicted molar refractivity (Wildman–Crippen MR) is 69.5 cm³/mol. The van der Waals surface area contributed by atoms with Crippen molar-refractivity contribution in [3.8, 4) is 0 Å². The van der Waals surface area contributed by atoms with Crippen LogP contribution in [0.4, 0.5) is 4.79 Å². The smallest absolute Gasteiger partial charge is 0.317 e. The zero-order valence-corrected chi connectivity index (χ0v) is 11.3. The summed E-state index contributed by atoms with van der Waals surface area (Å²) in [5, 5.41) is 11.6.